The van der Waals surface area contributed by atoms with Gasteiger partial charge in [-0.05, 0) is 61.3 Å². The number of Topliss-reactive ketones (excluding diaryl/α,β-unsaturated/α-hetero) is 1. The summed E-state index contributed by atoms with van der Waals surface area (Å²) in [7, 11) is 0. The topological polar surface area (TPSA) is 94.3 Å². The second kappa shape index (κ2) is 8.93. The number of nitrogens with one attached hydrogen (secondary N) is 1. The molecule has 1 aliphatic carbocycles. The molecule has 1 heterocycles. The Morgan fingerprint density at radius 3 is 2.68 bits per heavy atom. The Morgan fingerprint density at radius 2 is 2.08 bits per heavy atom. The lowest BCUT2D eigenvalue weighted by molar-refractivity contribution is -0.124. The maximum atomic E-state index is 12.6. The Balaban J connectivity index is 1.98. The van der Waals surface area contributed by atoms with Crippen molar-refractivity contribution in [3.8, 4) is 0 Å². The molecule has 2 rings (SSSR count). The number of hydrogen-bond acceptors (Lipinski definition) is 6. The van der Waals surface area contributed by atoms with Crippen molar-refractivity contribution in [1.82, 2.24) is 4.98 Å². The molecular weight excluding hydrogens is 433 g/mol. The van der Waals surface area contributed by atoms with Crippen molar-refractivity contribution in [2.24, 2.45) is 11.7 Å². The van der Waals surface area contributed by atoms with Crippen molar-refractivity contribution in [1.29, 1.82) is 0 Å². The average molecular weight is 459 g/mol. The highest BCUT2D eigenvalue weighted by Crippen LogP contribution is 2.31. The first-order chi connectivity index (χ1) is 11.9. The van der Waals surface area contributed by atoms with Gasteiger partial charge in [0.1, 0.15) is 5.82 Å². The largest absolute Gasteiger partial charge is 0.462 e. The quantitative estimate of drug-likeness (QED) is 0.481. The molecule has 6 nitrogen and oxygen atoms in total. The molecule has 0 saturated heterocycles. The molecule has 1 unspecified atom stereocenters. The van der Waals surface area contributed by atoms with Gasteiger partial charge in [-0.2, -0.15) is 0 Å². The number of aromatic nitrogens is 1. The number of carbonyl (C=O) groups is 2. The van der Waals surface area contributed by atoms with E-state index in [-0.39, 0.29) is 18.2 Å². The van der Waals surface area contributed by atoms with Gasteiger partial charge in [0.2, 0.25) is 0 Å². The molecule has 0 amide bonds. The summed E-state index contributed by atoms with van der Waals surface area (Å²) in [4.78, 5) is 28.6. The molecule has 1 aromatic heterocycles. The number of carbonyl (C=O) groups excluding carboxylic acids is 2. The van der Waals surface area contributed by atoms with Crippen molar-refractivity contribution < 1.29 is 14.3 Å². The van der Waals surface area contributed by atoms with Crippen LogP contribution < -0.4 is 11.1 Å². The van der Waals surface area contributed by atoms with Gasteiger partial charge in [-0.3, -0.25) is 4.79 Å². The third-order valence-corrected chi connectivity index (χ3v) is 5.65. The molecule has 3 N–H and O–H groups in total. The van der Waals surface area contributed by atoms with Crippen LogP contribution in [0.15, 0.2) is 12.3 Å². The Kier molecular flexibility index (Phi) is 7.18. The summed E-state index contributed by atoms with van der Waals surface area (Å²) in [5.74, 6) is 0.407. The Morgan fingerprint density at radius 1 is 1.40 bits per heavy atom. The summed E-state index contributed by atoms with van der Waals surface area (Å²) in [6, 6.07) is 1.70. The number of rotatable bonds is 7. The second-order valence-electron chi connectivity index (χ2n) is 6.67. The molecule has 0 radical (unpaired) electrons. The Labute approximate surface area is 162 Å². The smallest absolute Gasteiger partial charge is 0.339 e. The minimum absolute atomic E-state index is 0.00790. The molecule has 1 aromatic rings. The SMILES string of the molecule is CCOC(=O)c1cnc(NCC(=O)C(C)(N)C2CCCCC2)c(I)c1. The fourth-order valence-electron chi connectivity index (χ4n) is 3.18. The van der Waals surface area contributed by atoms with Crippen LogP contribution in [-0.4, -0.2) is 35.4 Å². The number of nitrogens with two attached hydrogens (primary N) is 1. The summed E-state index contributed by atoms with van der Waals surface area (Å²) in [6.45, 7) is 4.05. The first kappa shape index (κ1) is 20.1. The maximum absolute atomic E-state index is 12.6. The minimum atomic E-state index is -0.816. The highest BCUT2D eigenvalue weighted by Gasteiger charge is 2.37. The zero-order valence-electron chi connectivity index (χ0n) is 14.8. The van der Waals surface area contributed by atoms with Crippen LogP contribution in [0.5, 0.6) is 0 Å². The van der Waals surface area contributed by atoms with E-state index in [0.29, 0.717) is 18.0 Å². The van der Waals surface area contributed by atoms with Gasteiger partial charge < -0.3 is 15.8 Å². The van der Waals surface area contributed by atoms with Crippen LogP contribution in [0.2, 0.25) is 0 Å². The van der Waals surface area contributed by atoms with E-state index in [4.69, 9.17) is 10.5 Å². The standard InChI is InChI=1S/C18H26IN3O3/c1-3-25-17(24)12-9-14(19)16(21-10-12)22-11-15(23)18(2,20)13-7-5-4-6-8-13/h9-10,13H,3-8,11,20H2,1-2H3,(H,21,22). The van der Waals surface area contributed by atoms with E-state index in [1.54, 1.807) is 13.0 Å². The van der Waals surface area contributed by atoms with Crippen molar-refractivity contribution in [2.75, 3.05) is 18.5 Å². The van der Waals surface area contributed by atoms with Gasteiger partial charge >= 0.3 is 5.97 Å². The molecule has 7 heteroatoms. The summed E-state index contributed by atoms with van der Waals surface area (Å²) in [5.41, 5.74) is 5.94. The van der Waals surface area contributed by atoms with Crippen LogP contribution in [0.3, 0.4) is 0 Å². The van der Waals surface area contributed by atoms with Gasteiger partial charge in [-0.25, -0.2) is 9.78 Å². The van der Waals surface area contributed by atoms with Gasteiger partial charge in [0, 0.05) is 6.20 Å². The van der Waals surface area contributed by atoms with Crippen molar-refractivity contribution >= 4 is 40.2 Å². The summed E-state index contributed by atoms with van der Waals surface area (Å²) in [6.07, 6.45) is 7.01. The van der Waals surface area contributed by atoms with E-state index in [2.05, 4.69) is 32.9 Å². The maximum Gasteiger partial charge on any atom is 0.339 e. The van der Waals surface area contributed by atoms with Crippen LogP contribution in [0.4, 0.5) is 5.82 Å². The molecule has 0 aromatic carbocycles. The van der Waals surface area contributed by atoms with Crippen molar-refractivity contribution in [3.05, 3.63) is 21.4 Å². The van der Waals surface area contributed by atoms with E-state index in [1.807, 2.05) is 6.92 Å². The molecule has 138 valence electrons. The first-order valence-corrected chi connectivity index (χ1v) is 9.82. The predicted molar refractivity (Wildman–Crippen MR) is 106 cm³/mol. The second-order valence-corrected chi connectivity index (χ2v) is 7.83. The number of pyridine rings is 1. The lowest BCUT2D eigenvalue weighted by Gasteiger charge is -2.35. The van der Waals surface area contributed by atoms with Crippen LogP contribution in [0, 0.1) is 9.49 Å². The number of nitrogens with zero attached hydrogens (tertiary/aromatic N) is 1. The summed E-state index contributed by atoms with van der Waals surface area (Å²) < 4.78 is 5.72. The van der Waals surface area contributed by atoms with Gasteiger partial charge in [-0.15, -0.1) is 0 Å². The van der Waals surface area contributed by atoms with Crippen LogP contribution in [0.25, 0.3) is 0 Å². The zero-order valence-corrected chi connectivity index (χ0v) is 17.0. The predicted octanol–water partition coefficient (Wildman–Crippen LogP) is 3.14. The fraction of sp³-hybridized carbons (Fsp3) is 0.611. The van der Waals surface area contributed by atoms with Gasteiger partial charge in [0.25, 0.3) is 0 Å². The molecule has 1 saturated carbocycles. The molecule has 0 spiro atoms. The van der Waals surface area contributed by atoms with E-state index in [0.717, 1.165) is 29.3 Å². The number of halogens is 1. The van der Waals surface area contributed by atoms with E-state index >= 15 is 0 Å². The van der Waals surface area contributed by atoms with Crippen molar-refractivity contribution in [3.63, 3.8) is 0 Å². The number of ether oxygens (including phenoxy) is 1. The van der Waals surface area contributed by atoms with E-state index in [1.165, 1.54) is 12.6 Å². The van der Waals surface area contributed by atoms with Crippen molar-refractivity contribution in [2.45, 2.75) is 51.5 Å². The summed E-state index contributed by atoms with van der Waals surface area (Å²) >= 11 is 2.08. The van der Waals surface area contributed by atoms with Crippen LogP contribution >= 0.6 is 22.6 Å². The van der Waals surface area contributed by atoms with Crippen LogP contribution in [0.1, 0.15) is 56.3 Å². The molecule has 1 fully saturated rings. The molecule has 1 atom stereocenters. The Bertz CT molecular complexity index is 628. The van der Waals surface area contributed by atoms with Gasteiger partial charge in [0.05, 0.1) is 27.8 Å². The highest BCUT2D eigenvalue weighted by molar-refractivity contribution is 14.1. The molecule has 25 heavy (non-hydrogen) atoms. The van der Waals surface area contributed by atoms with Gasteiger partial charge in [0.15, 0.2) is 5.78 Å². The Hall–Kier alpha value is -1.22. The fourth-order valence-corrected chi connectivity index (χ4v) is 3.84. The average Bonchev–Trinajstić information content (AvgIpc) is 2.61. The monoisotopic (exact) mass is 459 g/mol. The number of esters is 1. The van der Waals surface area contributed by atoms with Gasteiger partial charge in [-0.1, -0.05) is 19.3 Å². The normalized spacial score (nSPS) is 17.6. The molecule has 1 aliphatic rings. The first-order valence-electron chi connectivity index (χ1n) is 8.75. The lowest BCUT2D eigenvalue weighted by atomic mass is 9.74. The zero-order chi connectivity index (χ0) is 18.4. The van der Waals surface area contributed by atoms with E-state index in [9.17, 15) is 9.59 Å². The highest BCUT2D eigenvalue weighted by atomic mass is 127. The molecule has 0 aliphatic heterocycles. The molecular formula is C18H26IN3O3. The molecule has 0 bridgehead atoms. The number of anilines is 1. The third kappa shape index (κ3) is 5.13. The minimum Gasteiger partial charge on any atom is -0.462 e. The third-order valence-electron chi connectivity index (χ3n) is 4.82. The number of hydrogen-bond donors (Lipinski definition) is 2. The number of ketones is 1. The lowest BCUT2D eigenvalue weighted by Crippen LogP contribution is -2.54. The summed E-state index contributed by atoms with van der Waals surface area (Å²) in [5, 5.41) is 3.06. The van der Waals surface area contributed by atoms with Crippen LogP contribution in [-0.2, 0) is 9.53 Å². The van der Waals surface area contributed by atoms with E-state index < -0.39 is 11.5 Å².